The highest BCUT2D eigenvalue weighted by molar-refractivity contribution is 5.99. The topological polar surface area (TPSA) is 73.2 Å². The standard InChI is InChI=1S/C20H17N3O3/c1-13-18-16(19(25)21-14-8-4-2-5-9-14)12-17(24)26-20(18)23(22-13)15-10-6-3-7-11-15/h2-11,16H,12H2,1H3,(H,21,25). The fourth-order valence-corrected chi connectivity index (χ4v) is 3.15. The van der Waals surface area contributed by atoms with Crippen molar-refractivity contribution in [2.75, 3.05) is 5.32 Å². The van der Waals surface area contributed by atoms with Crippen LogP contribution in [0.2, 0.25) is 0 Å². The van der Waals surface area contributed by atoms with Crippen molar-refractivity contribution in [2.45, 2.75) is 19.3 Å². The molecule has 130 valence electrons. The molecule has 6 nitrogen and oxygen atoms in total. The maximum atomic E-state index is 12.8. The molecular weight excluding hydrogens is 330 g/mol. The van der Waals surface area contributed by atoms with Crippen LogP contribution in [0, 0.1) is 6.92 Å². The first-order valence-electron chi connectivity index (χ1n) is 8.35. The zero-order valence-corrected chi connectivity index (χ0v) is 14.2. The monoisotopic (exact) mass is 347 g/mol. The summed E-state index contributed by atoms with van der Waals surface area (Å²) in [5, 5.41) is 7.36. The van der Waals surface area contributed by atoms with Crippen molar-refractivity contribution in [2.24, 2.45) is 0 Å². The lowest BCUT2D eigenvalue weighted by atomic mass is 9.93. The lowest BCUT2D eigenvalue weighted by molar-refractivity contribution is -0.138. The first-order valence-corrected chi connectivity index (χ1v) is 8.35. The molecule has 0 saturated heterocycles. The van der Waals surface area contributed by atoms with E-state index in [9.17, 15) is 9.59 Å². The molecule has 2 aromatic carbocycles. The van der Waals surface area contributed by atoms with Gasteiger partial charge in [0.1, 0.15) is 0 Å². The number of esters is 1. The summed E-state index contributed by atoms with van der Waals surface area (Å²) in [6, 6.07) is 18.6. The van der Waals surface area contributed by atoms with Gasteiger partial charge in [-0.2, -0.15) is 5.10 Å². The Kier molecular flexibility index (Phi) is 4.01. The lowest BCUT2D eigenvalue weighted by Crippen LogP contribution is -2.30. The number of hydrogen-bond acceptors (Lipinski definition) is 4. The molecule has 1 atom stereocenters. The summed E-state index contributed by atoms with van der Waals surface area (Å²) in [6.45, 7) is 1.82. The molecule has 1 aromatic heterocycles. The Balaban J connectivity index is 1.73. The van der Waals surface area contributed by atoms with Crippen LogP contribution >= 0.6 is 0 Å². The predicted molar refractivity (Wildman–Crippen MR) is 96.4 cm³/mol. The Hall–Kier alpha value is -3.41. The third-order valence-electron chi connectivity index (χ3n) is 4.35. The Morgan fingerprint density at radius 3 is 2.46 bits per heavy atom. The van der Waals surface area contributed by atoms with E-state index < -0.39 is 11.9 Å². The highest BCUT2D eigenvalue weighted by Gasteiger charge is 2.37. The normalized spacial score (nSPS) is 15.9. The second kappa shape index (κ2) is 6.48. The van der Waals surface area contributed by atoms with Crippen molar-refractivity contribution in [3.8, 4) is 11.6 Å². The number of anilines is 1. The van der Waals surface area contributed by atoms with E-state index in [4.69, 9.17) is 4.74 Å². The van der Waals surface area contributed by atoms with Gasteiger partial charge < -0.3 is 10.1 Å². The molecule has 3 aromatic rings. The molecule has 4 rings (SSSR count). The average Bonchev–Trinajstić information content (AvgIpc) is 2.99. The van der Waals surface area contributed by atoms with Crippen LogP contribution in [-0.4, -0.2) is 21.7 Å². The first kappa shape index (κ1) is 16.1. The van der Waals surface area contributed by atoms with Crippen LogP contribution in [0.5, 0.6) is 5.88 Å². The predicted octanol–water partition coefficient (Wildman–Crippen LogP) is 3.21. The Morgan fingerprint density at radius 2 is 1.77 bits per heavy atom. The molecule has 0 saturated carbocycles. The molecule has 1 aliphatic heterocycles. The summed E-state index contributed by atoms with van der Waals surface area (Å²) in [7, 11) is 0. The number of benzene rings is 2. The lowest BCUT2D eigenvalue weighted by Gasteiger charge is -2.22. The highest BCUT2D eigenvalue weighted by Crippen LogP contribution is 2.38. The van der Waals surface area contributed by atoms with Gasteiger partial charge in [-0.25, -0.2) is 4.68 Å². The summed E-state index contributed by atoms with van der Waals surface area (Å²) in [4.78, 5) is 25.0. The van der Waals surface area contributed by atoms with Crippen LogP contribution < -0.4 is 10.1 Å². The Labute approximate surface area is 150 Å². The van der Waals surface area contributed by atoms with Crippen molar-refractivity contribution < 1.29 is 14.3 Å². The zero-order chi connectivity index (χ0) is 18.1. The number of carbonyl (C=O) groups excluding carboxylic acids is 2. The summed E-state index contributed by atoms with van der Waals surface area (Å²) < 4.78 is 7.02. The molecule has 1 N–H and O–H groups in total. The van der Waals surface area contributed by atoms with Crippen molar-refractivity contribution in [1.29, 1.82) is 0 Å². The van der Waals surface area contributed by atoms with Crippen LogP contribution in [0.3, 0.4) is 0 Å². The number of carbonyl (C=O) groups is 2. The molecule has 26 heavy (non-hydrogen) atoms. The minimum Gasteiger partial charge on any atom is -0.407 e. The van der Waals surface area contributed by atoms with Gasteiger partial charge in [0, 0.05) is 5.69 Å². The molecule has 1 unspecified atom stereocenters. The van der Waals surface area contributed by atoms with E-state index in [1.807, 2.05) is 55.5 Å². The minimum atomic E-state index is -0.635. The molecule has 6 heteroatoms. The molecule has 1 aliphatic rings. The third-order valence-corrected chi connectivity index (χ3v) is 4.35. The molecule has 1 amide bonds. The number of aromatic nitrogens is 2. The second-order valence-corrected chi connectivity index (χ2v) is 6.14. The number of nitrogens with one attached hydrogen (secondary N) is 1. The largest absolute Gasteiger partial charge is 0.407 e. The number of nitrogens with zero attached hydrogens (tertiary/aromatic N) is 2. The van der Waals surface area contributed by atoms with Crippen LogP contribution in [0.25, 0.3) is 5.69 Å². The molecule has 0 fully saturated rings. The maximum Gasteiger partial charge on any atom is 0.313 e. The Morgan fingerprint density at radius 1 is 1.12 bits per heavy atom. The third kappa shape index (κ3) is 2.86. The summed E-state index contributed by atoms with van der Waals surface area (Å²) in [6.07, 6.45) is -0.00695. The van der Waals surface area contributed by atoms with E-state index in [1.54, 1.807) is 16.8 Å². The Bertz CT molecular complexity index is 965. The van der Waals surface area contributed by atoms with Crippen molar-refractivity contribution in [3.63, 3.8) is 0 Å². The van der Waals surface area contributed by atoms with Gasteiger partial charge in [-0.1, -0.05) is 36.4 Å². The van der Waals surface area contributed by atoms with Gasteiger partial charge >= 0.3 is 5.97 Å². The minimum absolute atomic E-state index is 0.00695. The van der Waals surface area contributed by atoms with Crippen LogP contribution in [0.4, 0.5) is 5.69 Å². The van der Waals surface area contributed by atoms with Crippen LogP contribution in [-0.2, 0) is 9.59 Å². The van der Waals surface area contributed by atoms with Crippen LogP contribution in [0.15, 0.2) is 60.7 Å². The highest BCUT2D eigenvalue weighted by atomic mass is 16.5. The number of para-hydroxylation sites is 2. The number of fused-ring (bicyclic) bond motifs is 1. The molecule has 0 aliphatic carbocycles. The van der Waals surface area contributed by atoms with Gasteiger partial charge in [0.15, 0.2) is 0 Å². The van der Waals surface area contributed by atoms with Gasteiger partial charge in [0.05, 0.1) is 29.3 Å². The van der Waals surface area contributed by atoms with Gasteiger partial charge in [0.25, 0.3) is 0 Å². The van der Waals surface area contributed by atoms with Gasteiger partial charge in [-0.05, 0) is 31.2 Å². The smallest absolute Gasteiger partial charge is 0.313 e. The quantitative estimate of drug-likeness (QED) is 0.739. The van der Waals surface area contributed by atoms with E-state index in [0.717, 1.165) is 5.69 Å². The van der Waals surface area contributed by atoms with E-state index in [0.29, 0.717) is 22.8 Å². The fraction of sp³-hybridized carbons (Fsp3) is 0.150. The molecule has 2 heterocycles. The number of hydrogen-bond donors (Lipinski definition) is 1. The van der Waals surface area contributed by atoms with Crippen molar-refractivity contribution >= 4 is 17.6 Å². The van der Waals surface area contributed by atoms with Gasteiger partial charge in [-0.3, -0.25) is 9.59 Å². The summed E-state index contributed by atoms with van der Waals surface area (Å²) >= 11 is 0. The van der Waals surface area contributed by atoms with E-state index in [1.165, 1.54) is 0 Å². The molecule has 0 spiro atoms. The second-order valence-electron chi connectivity index (χ2n) is 6.14. The van der Waals surface area contributed by atoms with Gasteiger partial charge in [-0.15, -0.1) is 0 Å². The number of ether oxygens (including phenoxy) is 1. The van der Waals surface area contributed by atoms with Crippen LogP contribution in [0.1, 0.15) is 23.6 Å². The molecule has 0 bridgehead atoms. The van der Waals surface area contributed by atoms with Gasteiger partial charge in [0.2, 0.25) is 11.8 Å². The van der Waals surface area contributed by atoms with Crippen molar-refractivity contribution in [3.05, 3.63) is 71.9 Å². The fourth-order valence-electron chi connectivity index (χ4n) is 3.15. The first-order chi connectivity index (χ1) is 12.6. The van der Waals surface area contributed by atoms with E-state index in [2.05, 4.69) is 10.4 Å². The van der Waals surface area contributed by atoms with E-state index in [-0.39, 0.29) is 12.3 Å². The average molecular weight is 347 g/mol. The maximum absolute atomic E-state index is 12.8. The molecule has 0 radical (unpaired) electrons. The number of aryl methyl sites for hydroxylation is 1. The number of amides is 1. The number of rotatable bonds is 3. The summed E-state index contributed by atoms with van der Waals surface area (Å²) in [5.41, 5.74) is 2.78. The SMILES string of the molecule is Cc1nn(-c2ccccc2)c2c1C(C(=O)Nc1ccccc1)CC(=O)O2. The summed E-state index contributed by atoms with van der Waals surface area (Å²) in [5.74, 6) is -1.00. The van der Waals surface area contributed by atoms with Crippen molar-refractivity contribution in [1.82, 2.24) is 9.78 Å². The zero-order valence-electron chi connectivity index (χ0n) is 14.2. The van der Waals surface area contributed by atoms with E-state index >= 15 is 0 Å². The molecular formula is C20H17N3O3.